The molecule has 4 rings (SSSR count). The molecule has 0 unspecified atom stereocenters. The lowest BCUT2D eigenvalue weighted by molar-refractivity contribution is 0.277. The second kappa shape index (κ2) is 6.95. The lowest BCUT2D eigenvalue weighted by Crippen LogP contribution is -2.48. The van der Waals surface area contributed by atoms with Gasteiger partial charge in [0, 0.05) is 36.6 Å². The predicted molar refractivity (Wildman–Crippen MR) is 108 cm³/mol. The molecule has 0 atom stereocenters. The van der Waals surface area contributed by atoms with Gasteiger partial charge in [0.1, 0.15) is 5.65 Å². The van der Waals surface area contributed by atoms with Crippen LogP contribution in [0, 0.1) is 0 Å². The summed E-state index contributed by atoms with van der Waals surface area (Å²) >= 11 is 12.6. The van der Waals surface area contributed by atoms with E-state index in [-0.39, 0.29) is 12.1 Å². The summed E-state index contributed by atoms with van der Waals surface area (Å²) in [4.78, 5) is 11.5. The predicted octanol–water partition coefficient (Wildman–Crippen LogP) is 3.51. The second-order valence-electron chi connectivity index (χ2n) is 7.25. The molecule has 6 nitrogen and oxygen atoms in total. The minimum absolute atomic E-state index is 0.154. The molecule has 0 spiro atoms. The van der Waals surface area contributed by atoms with Gasteiger partial charge in [0.05, 0.1) is 27.9 Å². The normalized spacial score (nSPS) is 16.9. The number of aromatic nitrogens is 3. The van der Waals surface area contributed by atoms with E-state index in [4.69, 9.17) is 33.9 Å². The highest BCUT2D eigenvalue weighted by Gasteiger charge is 2.29. The molecule has 3 heterocycles. The standard InChI is InChI=1S/C19H21Cl2N5O/c1-19(22)5-8-25(9-6-19)18-24-14(11-27)15(17-23-7-10-26(17)18)12-3-2-4-13(20)16(12)21/h2-4,7,10,27H,5-6,8-9,11,22H2,1H3. The summed E-state index contributed by atoms with van der Waals surface area (Å²) < 4.78 is 1.94. The van der Waals surface area contributed by atoms with E-state index in [0.29, 0.717) is 32.5 Å². The van der Waals surface area contributed by atoms with Crippen molar-refractivity contribution in [2.24, 2.45) is 5.73 Å². The Morgan fingerprint density at radius 2 is 2.00 bits per heavy atom. The van der Waals surface area contributed by atoms with Crippen molar-refractivity contribution < 1.29 is 5.11 Å². The summed E-state index contributed by atoms with van der Waals surface area (Å²) in [5.41, 5.74) is 8.72. The minimum atomic E-state index is -0.225. The van der Waals surface area contributed by atoms with Crippen LogP contribution in [-0.2, 0) is 6.61 Å². The Morgan fingerprint density at radius 1 is 1.26 bits per heavy atom. The maximum Gasteiger partial charge on any atom is 0.211 e. The van der Waals surface area contributed by atoms with Gasteiger partial charge in [-0.15, -0.1) is 0 Å². The number of rotatable bonds is 3. The third-order valence-corrected chi connectivity index (χ3v) is 5.98. The van der Waals surface area contributed by atoms with Crippen molar-refractivity contribution in [3.8, 4) is 11.1 Å². The van der Waals surface area contributed by atoms with Crippen molar-refractivity contribution in [3.05, 3.63) is 46.3 Å². The molecule has 1 aromatic carbocycles. The second-order valence-corrected chi connectivity index (χ2v) is 8.04. The van der Waals surface area contributed by atoms with Crippen LogP contribution >= 0.6 is 23.2 Å². The number of aliphatic hydroxyl groups excluding tert-OH is 1. The number of benzene rings is 1. The van der Waals surface area contributed by atoms with Gasteiger partial charge < -0.3 is 15.7 Å². The SMILES string of the molecule is CC1(N)CCN(c2nc(CO)c(-c3cccc(Cl)c3Cl)c3nccn23)CC1. The van der Waals surface area contributed by atoms with Crippen molar-refractivity contribution in [2.45, 2.75) is 31.9 Å². The van der Waals surface area contributed by atoms with Gasteiger partial charge in [-0.3, -0.25) is 4.40 Å². The Morgan fingerprint density at radius 3 is 2.70 bits per heavy atom. The van der Waals surface area contributed by atoms with Gasteiger partial charge in [-0.2, -0.15) is 0 Å². The molecule has 1 aliphatic rings. The molecule has 0 bridgehead atoms. The highest BCUT2D eigenvalue weighted by atomic mass is 35.5. The number of fused-ring (bicyclic) bond motifs is 1. The first-order chi connectivity index (χ1) is 12.9. The molecular weight excluding hydrogens is 385 g/mol. The number of piperidine rings is 1. The fraction of sp³-hybridized carbons (Fsp3) is 0.368. The van der Waals surface area contributed by atoms with Crippen molar-refractivity contribution in [1.29, 1.82) is 0 Å². The van der Waals surface area contributed by atoms with E-state index >= 15 is 0 Å². The van der Waals surface area contributed by atoms with E-state index in [1.165, 1.54) is 0 Å². The van der Waals surface area contributed by atoms with Gasteiger partial charge in [0.25, 0.3) is 0 Å². The van der Waals surface area contributed by atoms with Gasteiger partial charge in [-0.25, -0.2) is 9.97 Å². The van der Waals surface area contributed by atoms with Crippen LogP contribution in [0.4, 0.5) is 5.95 Å². The third kappa shape index (κ3) is 3.27. The van der Waals surface area contributed by atoms with Crippen molar-refractivity contribution >= 4 is 34.8 Å². The average molecular weight is 406 g/mol. The number of aliphatic hydroxyl groups is 1. The molecule has 1 fully saturated rings. The number of hydrogen-bond donors (Lipinski definition) is 2. The number of nitrogens with two attached hydrogens (primary N) is 1. The van der Waals surface area contributed by atoms with Crippen LogP contribution in [0.3, 0.4) is 0 Å². The quantitative estimate of drug-likeness (QED) is 0.696. The third-order valence-electron chi connectivity index (χ3n) is 5.16. The van der Waals surface area contributed by atoms with Crippen molar-refractivity contribution in [3.63, 3.8) is 0 Å². The summed E-state index contributed by atoms with van der Waals surface area (Å²) in [6.45, 7) is 3.45. The van der Waals surface area contributed by atoms with Crippen LogP contribution in [0.5, 0.6) is 0 Å². The smallest absolute Gasteiger partial charge is 0.211 e. The molecule has 0 amide bonds. The number of anilines is 1. The topological polar surface area (TPSA) is 79.7 Å². The zero-order valence-corrected chi connectivity index (χ0v) is 16.5. The lowest BCUT2D eigenvalue weighted by Gasteiger charge is -2.37. The Kier molecular flexibility index (Phi) is 4.76. The maximum atomic E-state index is 10.0. The van der Waals surface area contributed by atoms with Crippen LogP contribution in [0.1, 0.15) is 25.5 Å². The highest BCUT2D eigenvalue weighted by molar-refractivity contribution is 6.43. The first-order valence-corrected chi connectivity index (χ1v) is 9.62. The summed E-state index contributed by atoms with van der Waals surface area (Å²) in [6, 6.07) is 5.42. The summed E-state index contributed by atoms with van der Waals surface area (Å²) in [7, 11) is 0. The molecular formula is C19H21Cl2N5O. The monoisotopic (exact) mass is 405 g/mol. The Hall–Kier alpha value is -1.86. The number of hydrogen-bond acceptors (Lipinski definition) is 5. The van der Waals surface area contributed by atoms with Gasteiger partial charge in [0.2, 0.25) is 5.95 Å². The molecule has 0 saturated carbocycles. The van der Waals surface area contributed by atoms with Crippen molar-refractivity contribution in [1.82, 2.24) is 14.4 Å². The Balaban J connectivity index is 1.89. The number of imidazole rings is 1. The molecule has 1 saturated heterocycles. The molecule has 0 aliphatic carbocycles. The maximum absolute atomic E-state index is 10.0. The molecule has 8 heteroatoms. The molecule has 142 valence electrons. The summed E-state index contributed by atoms with van der Waals surface area (Å²) in [5, 5.41) is 10.9. The van der Waals surface area contributed by atoms with E-state index in [2.05, 4.69) is 16.8 Å². The fourth-order valence-corrected chi connectivity index (χ4v) is 3.93. The van der Waals surface area contributed by atoms with Crippen LogP contribution < -0.4 is 10.6 Å². The molecule has 1 aliphatic heterocycles. The molecule has 27 heavy (non-hydrogen) atoms. The van der Waals surface area contributed by atoms with Gasteiger partial charge in [0.15, 0.2) is 0 Å². The summed E-state index contributed by atoms with van der Waals surface area (Å²) in [6.07, 6.45) is 5.35. The van der Waals surface area contributed by atoms with E-state index in [1.807, 2.05) is 22.7 Å². The van der Waals surface area contributed by atoms with Gasteiger partial charge in [-0.05, 0) is 25.8 Å². The Labute approximate surface area is 167 Å². The molecule has 2 aromatic heterocycles. The van der Waals surface area contributed by atoms with Crippen molar-refractivity contribution in [2.75, 3.05) is 18.0 Å². The highest BCUT2D eigenvalue weighted by Crippen LogP contribution is 2.38. The van der Waals surface area contributed by atoms with Crippen LogP contribution in [0.15, 0.2) is 30.6 Å². The summed E-state index contributed by atoms with van der Waals surface area (Å²) in [5.74, 6) is 0.754. The zero-order valence-electron chi connectivity index (χ0n) is 15.0. The van der Waals surface area contributed by atoms with Crippen LogP contribution in [-0.4, -0.2) is 38.1 Å². The molecule has 3 N–H and O–H groups in total. The Bertz CT molecular complexity index is 991. The first kappa shape index (κ1) is 18.5. The van der Waals surface area contributed by atoms with Gasteiger partial charge in [-0.1, -0.05) is 35.3 Å². The van der Waals surface area contributed by atoms with E-state index < -0.39 is 0 Å². The zero-order chi connectivity index (χ0) is 19.2. The van der Waals surface area contributed by atoms with E-state index in [9.17, 15) is 5.11 Å². The van der Waals surface area contributed by atoms with E-state index in [1.54, 1.807) is 12.3 Å². The molecule has 3 aromatic rings. The number of nitrogens with zero attached hydrogens (tertiary/aromatic N) is 4. The van der Waals surface area contributed by atoms with Crippen LogP contribution in [0.2, 0.25) is 10.0 Å². The number of halogens is 2. The van der Waals surface area contributed by atoms with Gasteiger partial charge >= 0.3 is 0 Å². The fourth-order valence-electron chi connectivity index (χ4n) is 3.54. The lowest BCUT2D eigenvalue weighted by atomic mass is 9.91. The minimum Gasteiger partial charge on any atom is -0.390 e. The van der Waals surface area contributed by atoms with E-state index in [0.717, 1.165) is 31.9 Å². The van der Waals surface area contributed by atoms with Crippen LogP contribution in [0.25, 0.3) is 16.8 Å². The first-order valence-electron chi connectivity index (χ1n) is 8.86. The molecule has 0 radical (unpaired) electrons. The largest absolute Gasteiger partial charge is 0.390 e. The average Bonchev–Trinajstić information content (AvgIpc) is 3.13.